The number of likely N-dealkylation sites (N-methyl/N-ethyl adjacent to an activating group) is 1. The molecule has 6 atom stereocenters. The minimum Gasteiger partial charge on any atom is -0.364 e. The Labute approximate surface area is 189 Å². The number of allylic oxidation sites excluding steroid dienone is 1. The van der Waals surface area contributed by atoms with Gasteiger partial charge in [-0.15, -0.1) is 11.6 Å². The van der Waals surface area contributed by atoms with Crippen molar-refractivity contribution in [2.45, 2.75) is 49.5 Å². The van der Waals surface area contributed by atoms with Gasteiger partial charge >= 0.3 is 0 Å². The van der Waals surface area contributed by atoms with E-state index in [0.29, 0.717) is 6.54 Å². The number of alkyl halides is 1. The van der Waals surface area contributed by atoms with E-state index >= 15 is 0 Å². The fourth-order valence-corrected chi connectivity index (χ4v) is 6.06. The number of methoxy groups -OCH3 is 1. The van der Waals surface area contributed by atoms with Crippen LogP contribution in [0.5, 0.6) is 0 Å². The van der Waals surface area contributed by atoms with Gasteiger partial charge in [-0.25, -0.2) is 10.9 Å². The van der Waals surface area contributed by atoms with Gasteiger partial charge in [-0.3, -0.25) is 9.80 Å². The highest BCUT2D eigenvalue weighted by Crippen LogP contribution is 2.50. The third-order valence-corrected chi connectivity index (χ3v) is 7.60. The molecule has 2 saturated heterocycles. The van der Waals surface area contributed by atoms with Gasteiger partial charge in [-0.2, -0.15) is 11.8 Å². The monoisotopic (exact) mass is 463 g/mol. The van der Waals surface area contributed by atoms with Crippen LogP contribution in [0.2, 0.25) is 0 Å². The fraction of sp³-hybridized carbons (Fsp3) is 0.900. The summed E-state index contributed by atoms with van der Waals surface area (Å²) >= 11 is 8.29. The predicted octanol–water partition coefficient (Wildman–Crippen LogP) is 0.276. The quantitative estimate of drug-likeness (QED) is 0.158. The number of hydrogen-bond donors (Lipinski definition) is 4. The fourth-order valence-electron chi connectivity index (χ4n) is 5.21. The molecule has 6 unspecified atom stereocenters. The van der Waals surface area contributed by atoms with E-state index in [-0.39, 0.29) is 22.9 Å². The van der Waals surface area contributed by atoms with E-state index in [4.69, 9.17) is 16.3 Å². The van der Waals surface area contributed by atoms with Crippen LogP contribution in [0.3, 0.4) is 0 Å². The van der Waals surface area contributed by atoms with Crippen molar-refractivity contribution in [2.75, 3.05) is 59.4 Å². The van der Waals surface area contributed by atoms with E-state index in [1.165, 1.54) is 12.7 Å². The van der Waals surface area contributed by atoms with Gasteiger partial charge in [0.25, 0.3) is 0 Å². The Morgan fingerprint density at radius 1 is 1.33 bits per heavy atom. The Kier molecular flexibility index (Phi) is 8.88. The van der Waals surface area contributed by atoms with Crippen LogP contribution in [0.1, 0.15) is 19.3 Å². The number of hydrazine groups is 1. The Balaban J connectivity index is 1.70. The van der Waals surface area contributed by atoms with Crippen molar-refractivity contribution >= 4 is 23.4 Å². The summed E-state index contributed by atoms with van der Waals surface area (Å²) in [5.41, 5.74) is 7.69. The van der Waals surface area contributed by atoms with Gasteiger partial charge in [-0.05, 0) is 45.2 Å². The minimum atomic E-state index is -0.893. The summed E-state index contributed by atoms with van der Waals surface area (Å²) in [6, 6.07) is 0.394. The van der Waals surface area contributed by atoms with Gasteiger partial charge in [-0.1, -0.05) is 6.08 Å². The van der Waals surface area contributed by atoms with Gasteiger partial charge in [0.05, 0.1) is 5.38 Å². The maximum atomic E-state index is 11.1. The number of halogens is 1. The van der Waals surface area contributed by atoms with E-state index in [1.807, 2.05) is 4.90 Å². The summed E-state index contributed by atoms with van der Waals surface area (Å²) in [6.45, 7) is 3.09. The number of nitrogens with zero attached hydrogens (tertiary/aromatic N) is 3. The third kappa shape index (κ3) is 5.51. The number of aliphatic hydroxyl groups is 2. The summed E-state index contributed by atoms with van der Waals surface area (Å²) in [4.78, 5) is 6.25. The van der Waals surface area contributed by atoms with E-state index in [9.17, 15) is 10.2 Å². The molecule has 0 amide bonds. The molecule has 0 aromatic rings. The van der Waals surface area contributed by atoms with E-state index in [2.05, 4.69) is 47.1 Å². The first-order valence-electron chi connectivity index (χ1n) is 10.7. The summed E-state index contributed by atoms with van der Waals surface area (Å²) < 4.78 is 5.13. The molecule has 30 heavy (non-hydrogen) atoms. The van der Waals surface area contributed by atoms with Crippen molar-refractivity contribution in [3.8, 4) is 0 Å². The van der Waals surface area contributed by atoms with Crippen LogP contribution in [0.25, 0.3) is 0 Å². The molecule has 10 heteroatoms. The second-order valence-electron chi connectivity index (χ2n) is 9.04. The number of fused-ring (bicyclic) bond motifs is 2. The van der Waals surface area contributed by atoms with E-state index in [1.54, 1.807) is 11.8 Å². The van der Waals surface area contributed by atoms with E-state index in [0.717, 1.165) is 44.6 Å². The average molecular weight is 464 g/mol. The Hall–Kier alpha value is 0.0600. The highest BCUT2D eigenvalue weighted by atomic mass is 35.5. The molecule has 0 aromatic carbocycles. The molecule has 0 radical (unpaired) electrons. The highest BCUT2D eigenvalue weighted by Gasteiger charge is 2.54. The maximum Gasteiger partial charge on any atom is 0.215 e. The van der Waals surface area contributed by atoms with Gasteiger partial charge < -0.3 is 19.8 Å². The van der Waals surface area contributed by atoms with Crippen molar-refractivity contribution in [3.63, 3.8) is 0 Å². The van der Waals surface area contributed by atoms with Crippen molar-refractivity contribution < 1.29 is 14.9 Å². The lowest BCUT2D eigenvalue weighted by molar-refractivity contribution is -0.171. The first-order chi connectivity index (χ1) is 14.3. The first kappa shape index (κ1) is 24.7. The second kappa shape index (κ2) is 10.8. The van der Waals surface area contributed by atoms with E-state index < -0.39 is 12.8 Å². The zero-order valence-electron chi connectivity index (χ0n) is 18.6. The zero-order valence-corrected chi connectivity index (χ0v) is 20.1. The van der Waals surface area contributed by atoms with Gasteiger partial charge in [0, 0.05) is 56.5 Å². The topological polar surface area (TPSA) is 83.5 Å². The maximum absolute atomic E-state index is 11.1. The Morgan fingerprint density at radius 2 is 2.10 bits per heavy atom. The van der Waals surface area contributed by atoms with Gasteiger partial charge in [0.2, 0.25) is 6.41 Å². The number of nitrogens with one attached hydrogen (secondary N) is 2. The standard InChI is InChI=1S/C20H38ClN5O3S/c1-24(2)10-15(11-30-4)22-23-18(27)26-13-20(7-8-25(12-20)19(28)29-3)16-9-14(21)5-6-17(16)26/h9,14-15,17-19,22-23,27-28H,5-8,10-13H2,1-4H3. The molecule has 174 valence electrons. The summed E-state index contributed by atoms with van der Waals surface area (Å²) in [6.07, 6.45) is 5.36. The van der Waals surface area contributed by atoms with Gasteiger partial charge in [0.15, 0.2) is 6.35 Å². The molecular formula is C20H38ClN5O3S. The summed E-state index contributed by atoms with van der Waals surface area (Å²) in [7, 11) is 5.63. The Morgan fingerprint density at radius 3 is 2.77 bits per heavy atom. The van der Waals surface area contributed by atoms with Crippen LogP contribution >= 0.6 is 23.4 Å². The largest absolute Gasteiger partial charge is 0.364 e. The molecule has 1 aliphatic carbocycles. The predicted molar refractivity (Wildman–Crippen MR) is 122 cm³/mol. The van der Waals surface area contributed by atoms with Crippen molar-refractivity contribution in [3.05, 3.63) is 11.6 Å². The van der Waals surface area contributed by atoms with Crippen LogP contribution < -0.4 is 10.9 Å². The van der Waals surface area contributed by atoms with Crippen LogP contribution in [-0.2, 0) is 4.74 Å². The SMILES string of the molecule is COC(O)N1CCC2(C1)CN(C(O)NNC(CSC)CN(C)C)C1CCC(Cl)C=C12. The van der Waals surface area contributed by atoms with Crippen LogP contribution in [0, 0.1) is 5.41 Å². The third-order valence-electron chi connectivity index (χ3n) is 6.52. The molecule has 3 rings (SSSR count). The zero-order chi connectivity index (χ0) is 21.9. The number of hydrogen-bond acceptors (Lipinski definition) is 9. The van der Waals surface area contributed by atoms with Crippen molar-refractivity contribution in [1.29, 1.82) is 0 Å². The van der Waals surface area contributed by atoms with Crippen LogP contribution in [0.4, 0.5) is 0 Å². The number of likely N-dealkylation sites (tertiary alicyclic amines) is 2. The van der Waals surface area contributed by atoms with Crippen LogP contribution in [0.15, 0.2) is 11.6 Å². The summed E-state index contributed by atoms with van der Waals surface area (Å²) in [5.74, 6) is 0.953. The number of ether oxygens (including phenoxy) is 1. The smallest absolute Gasteiger partial charge is 0.215 e. The second-order valence-corrected chi connectivity index (χ2v) is 10.5. The molecule has 2 fully saturated rings. The lowest BCUT2D eigenvalue weighted by atomic mass is 9.76. The molecule has 2 aliphatic heterocycles. The normalized spacial score (nSPS) is 33.1. The number of aliphatic hydroxyl groups excluding tert-OH is 2. The lowest BCUT2D eigenvalue weighted by Gasteiger charge is -2.34. The van der Waals surface area contributed by atoms with Gasteiger partial charge in [0.1, 0.15) is 0 Å². The average Bonchev–Trinajstić information content (AvgIpc) is 3.27. The molecule has 8 nitrogen and oxygen atoms in total. The summed E-state index contributed by atoms with van der Waals surface area (Å²) in [5, 5.41) is 21.2. The molecule has 0 bridgehead atoms. The molecule has 4 N–H and O–H groups in total. The highest BCUT2D eigenvalue weighted by molar-refractivity contribution is 7.98. The molecule has 2 heterocycles. The number of rotatable bonds is 10. The minimum absolute atomic E-state index is 0.0313. The molecule has 1 spiro atoms. The molecule has 0 aromatic heterocycles. The first-order valence-corrected chi connectivity index (χ1v) is 12.5. The Bertz CT molecular complexity index is 601. The lowest BCUT2D eigenvalue weighted by Crippen LogP contribution is -2.58. The number of thioether (sulfide) groups is 1. The van der Waals surface area contributed by atoms with Crippen LogP contribution in [-0.4, -0.2) is 115 Å². The van der Waals surface area contributed by atoms with Crippen molar-refractivity contribution in [2.24, 2.45) is 5.41 Å². The molecule has 0 saturated carbocycles. The molecule has 3 aliphatic rings. The van der Waals surface area contributed by atoms with Crippen molar-refractivity contribution in [1.82, 2.24) is 25.6 Å². The molecular weight excluding hydrogens is 426 g/mol.